The van der Waals surface area contributed by atoms with E-state index in [1.54, 1.807) is 0 Å². The summed E-state index contributed by atoms with van der Waals surface area (Å²) in [5.41, 5.74) is 0.0972. The van der Waals surface area contributed by atoms with Gasteiger partial charge in [0.25, 0.3) is 0 Å². The van der Waals surface area contributed by atoms with Crippen LogP contribution in [0.1, 0.15) is 68.2 Å². The average molecular weight is 293 g/mol. The molecule has 0 fully saturated rings. The average Bonchev–Trinajstić information content (AvgIpc) is 2.28. The third kappa shape index (κ3) is 36.1. The third-order valence-electron chi connectivity index (χ3n) is 2.37. The molecule has 0 aromatic carbocycles. The molecular formula is C17H40O3. The van der Waals surface area contributed by atoms with Crippen molar-refractivity contribution in [2.24, 2.45) is 23.2 Å². The summed E-state index contributed by atoms with van der Waals surface area (Å²) in [7, 11) is 0. The maximum Gasteiger partial charge on any atom is 0.0479 e. The second kappa shape index (κ2) is 15.3. The van der Waals surface area contributed by atoms with Crippen molar-refractivity contribution in [2.75, 3.05) is 19.8 Å². The Labute approximate surface area is 127 Å². The Morgan fingerprint density at radius 1 is 0.800 bits per heavy atom. The minimum Gasteiger partial charge on any atom is -0.396 e. The molecule has 0 saturated heterocycles. The van der Waals surface area contributed by atoms with Crippen LogP contribution in [-0.2, 0) is 0 Å². The molecule has 1 unspecified atom stereocenters. The lowest BCUT2D eigenvalue weighted by Gasteiger charge is -2.11. The van der Waals surface area contributed by atoms with Crippen LogP contribution in [0.5, 0.6) is 0 Å². The van der Waals surface area contributed by atoms with Gasteiger partial charge in [-0.15, -0.1) is 0 Å². The fraction of sp³-hybridized carbons (Fsp3) is 1.00. The van der Waals surface area contributed by atoms with Gasteiger partial charge < -0.3 is 15.3 Å². The Morgan fingerprint density at radius 2 is 1.20 bits per heavy atom. The van der Waals surface area contributed by atoms with Gasteiger partial charge in [0, 0.05) is 19.8 Å². The monoisotopic (exact) mass is 292 g/mol. The van der Waals surface area contributed by atoms with Gasteiger partial charge >= 0.3 is 0 Å². The van der Waals surface area contributed by atoms with Crippen molar-refractivity contribution in [1.82, 2.24) is 0 Å². The first-order valence-corrected chi connectivity index (χ1v) is 7.82. The maximum absolute atomic E-state index is 8.58. The Balaban J connectivity index is -0.000000221. The Kier molecular flexibility index (Phi) is 19.0. The van der Waals surface area contributed by atoms with Crippen LogP contribution >= 0.6 is 0 Å². The number of rotatable bonds is 5. The van der Waals surface area contributed by atoms with E-state index in [0.29, 0.717) is 25.0 Å². The van der Waals surface area contributed by atoms with Crippen molar-refractivity contribution in [3.05, 3.63) is 0 Å². The zero-order valence-corrected chi connectivity index (χ0v) is 15.1. The number of hydrogen-bond donors (Lipinski definition) is 3. The standard InChI is InChI=1S/C7H16O.2C5H12O/c1-6(2)4-7(3)5-8;1-5(2,3)4-6;1-5(2)3-4-6/h6-8H,4-5H2,1-3H3;6H,4H2,1-3H3;5-6H,3-4H2,1-2H3. The fourth-order valence-corrected chi connectivity index (χ4v) is 1.14. The van der Waals surface area contributed by atoms with Crippen molar-refractivity contribution in [2.45, 2.75) is 68.2 Å². The molecule has 3 heteroatoms. The molecule has 1 atom stereocenters. The predicted octanol–water partition coefficient (Wildman–Crippen LogP) is 3.71. The summed E-state index contributed by atoms with van der Waals surface area (Å²) in [4.78, 5) is 0. The van der Waals surface area contributed by atoms with Gasteiger partial charge in [0.1, 0.15) is 0 Å². The molecule has 20 heavy (non-hydrogen) atoms. The first-order valence-electron chi connectivity index (χ1n) is 7.82. The molecule has 126 valence electrons. The highest BCUT2D eigenvalue weighted by Gasteiger charge is 2.05. The highest BCUT2D eigenvalue weighted by molar-refractivity contribution is 4.55. The van der Waals surface area contributed by atoms with E-state index in [9.17, 15) is 0 Å². The van der Waals surface area contributed by atoms with Crippen molar-refractivity contribution < 1.29 is 15.3 Å². The zero-order valence-electron chi connectivity index (χ0n) is 15.1. The Hall–Kier alpha value is -0.120. The van der Waals surface area contributed by atoms with Gasteiger partial charge in [0.2, 0.25) is 0 Å². The molecule has 0 amide bonds. The first-order chi connectivity index (χ1) is 8.99. The van der Waals surface area contributed by atoms with Crippen LogP contribution in [0.2, 0.25) is 0 Å². The normalized spacial score (nSPS) is 12.4. The minimum atomic E-state index is 0.0972. The number of aliphatic hydroxyl groups excluding tert-OH is 3. The topological polar surface area (TPSA) is 60.7 Å². The van der Waals surface area contributed by atoms with Crippen molar-refractivity contribution in [3.63, 3.8) is 0 Å². The molecule has 0 aliphatic rings. The Morgan fingerprint density at radius 3 is 1.25 bits per heavy atom. The predicted molar refractivity (Wildman–Crippen MR) is 88.8 cm³/mol. The number of hydrogen-bond acceptors (Lipinski definition) is 3. The van der Waals surface area contributed by atoms with E-state index in [0.717, 1.165) is 18.8 Å². The molecule has 0 aromatic heterocycles. The van der Waals surface area contributed by atoms with Crippen molar-refractivity contribution in [3.8, 4) is 0 Å². The van der Waals surface area contributed by atoms with E-state index in [1.807, 2.05) is 20.8 Å². The largest absolute Gasteiger partial charge is 0.396 e. The smallest absolute Gasteiger partial charge is 0.0479 e. The van der Waals surface area contributed by atoms with E-state index in [2.05, 4.69) is 34.6 Å². The van der Waals surface area contributed by atoms with Crippen LogP contribution in [0.4, 0.5) is 0 Å². The summed E-state index contributed by atoms with van der Waals surface area (Å²) in [5, 5.41) is 25.2. The molecule has 0 aliphatic carbocycles. The lowest BCUT2D eigenvalue weighted by molar-refractivity contribution is 0.177. The van der Waals surface area contributed by atoms with Crippen LogP contribution < -0.4 is 0 Å². The molecule has 3 nitrogen and oxygen atoms in total. The van der Waals surface area contributed by atoms with E-state index >= 15 is 0 Å². The molecule has 3 N–H and O–H groups in total. The summed E-state index contributed by atoms with van der Waals surface area (Å²) >= 11 is 0. The van der Waals surface area contributed by atoms with Gasteiger partial charge in [-0.05, 0) is 36.0 Å². The van der Waals surface area contributed by atoms with E-state index in [-0.39, 0.29) is 12.0 Å². The van der Waals surface area contributed by atoms with Crippen LogP contribution in [0, 0.1) is 23.2 Å². The molecule has 0 rings (SSSR count). The van der Waals surface area contributed by atoms with Gasteiger partial charge in [0.05, 0.1) is 0 Å². The summed E-state index contributed by atoms with van der Waals surface area (Å²) in [6.07, 6.45) is 2.07. The van der Waals surface area contributed by atoms with Gasteiger partial charge in [0.15, 0.2) is 0 Å². The third-order valence-corrected chi connectivity index (χ3v) is 2.37. The summed E-state index contributed by atoms with van der Waals surface area (Å²) in [6, 6.07) is 0. The minimum absolute atomic E-state index is 0.0972. The molecule has 0 saturated carbocycles. The van der Waals surface area contributed by atoms with Gasteiger partial charge in [-0.2, -0.15) is 0 Å². The van der Waals surface area contributed by atoms with Gasteiger partial charge in [-0.1, -0.05) is 55.4 Å². The van der Waals surface area contributed by atoms with Crippen LogP contribution in [-0.4, -0.2) is 35.1 Å². The highest BCUT2D eigenvalue weighted by atomic mass is 16.3. The molecule has 0 aromatic rings. The molecule has 0 aliphatic heterocycles. The number of aliphatic hydroxyl groups is 3. The molecule has 0 spiro atoms. The van der Waals surface area contributed by atoms with Gasteiger partial charge in [-0.25, -0.2) is 0 Å². The molecule has 0 heterocycles. The van der Waals surface area contributed by atoms with E-state index < -0.39 is 0 Å². The fourth-order valence-electron chi connectivity index (χ4n) is 1.14. The quantitative estimate of drug-likeness (QED) is 0.724. The van der Waals surface area contributed by atoms with Crippen LogP contribution in [0.15, 0.2) is 0 Å². The highest BCUT2D eigenvalue weighted by Crippen LogP contribution is 2.09. The van der Waals surface area contributed by atoms with E-state index in [1.165, 1.54) is 0 Å². The zero-order chi connectivity index (χ0) is 16.8. The summed E-state index contributed by atoms with van der Waals surface area (Å²) in [6.45, 7) is 17.5. The maximum atomic E-state index is 8.58. The molecule has 0 radical (unpaired) electrons. The Bertz CT molecular complexity index is 172. The lowest BCUT2D eigenvalue weighted by Crippen LogP contribution is -2.09. The van der Waals surface area contributed by atoms with Crippen LogP contribution in [0.3, 0.4) is 0 Å². The van der Waals surface area contributed by atoms with Crippen molar-refractivity contribution >= 4 is 0 Å². The van der Waals surface area contributed by atoms with Crippen LogP contribution in [0.25, 0.3) is 0 Å². The molecular weight excluding hydrogens is 252 g/mol. The first kappa shape index (κ1) is 24.9. The van der Waals surface area contributed by atoms with E-state index in [4.69, 9.17) is 15.3 Å². The summed E-state index contributed by atoms with van der Waals surface area (Å²) in [5.74, 6) is 1.85. The lowest BCUT2D eigenvalue weighted by atomic mass is 9.99. The molecule has 0 bridgehead atoms. The second-order valence-electron chi connectivity index (χ2n) is 7.54. The van der Waals surface area contributed by atoms with Crippen molar-refractivity contribution in [1.29, 1.82) is 0 Å². The second-order valence-corrected chi connectivity index (χ2v) is 7.54. The SMILES string of the molecule is CC(C)(C)CO.CC(C)CC(C)CO.CC(C)CCO. The summed E-state index contributed by atoms with van der Waals surface area (Å²) < 4.78 is 0. The van der Waals surface area contributed by atoms with Gasteiger partial charge in [-0.3, -0.25) is 0 Å².